The molecule has 0 unspecified atom stereocenters. The Hall–Kier alpha value is -2.27. The third-order valence-corrected chi connectivity index (χ3v) is 7.22. The van der Waals surface area contributed by atoms with Gasteiger partial charge in [-0.2, -0.15) is 26.3 Å². The summed E-state index contributed by atoms with van der Waals surface area (Å²) in [6.45, 7) is 3.21. The van der Waals surface area contributed by atoms with Crippen LogP contribution in [0.1, 0.15) is 47.2 Å². The predicted octanol–water partition coefficient (Wildman–Crippen LogP) is 6.80. The largest absolute Gasteiger partial charge is 0.417 e. The number of hydrogen-bond donors (Lipinski definition) is 1. The van der Waals surface area contributed by atoms with E-state index in [-0.39, 0.29) is 21.4 Å². The van der Waals surface area contributed by atoms with Gasteiger partial charge in [0.25, 0.3) is 5.91 Å². The molecule has 2 fully saturated rings. The second kappa shape index (κ2) is 10.0. The number of piperidine rings is 1. The Morgan fingerprint density at radius 2 is 1.54 bits per heavy atom. The van der Waals surface area contributed by atoms with Crippen LogP contribution >= 0.6 is 15.9 Å². The lowest BCUT2D eigenvalue weighted by Gasteiger charge is -2.38. The molecule has 0 aromatic heterocycles. The minimum Gasteiger partial charge on any atom is -0.371 e. The highest BCUT2D eigenvalue weighted by Gasteiger charge is 2.35. The van der Waals surface area contributed by atoms with E-state index in [0.29, 0.717) is 19.1 Å². The van der Waals surface area contributed by atoms with E-state index >= 15 is 0 Å². The fraction of sp³-hybridized carbons (Fsp3) is 0.458. The van der Waals surface area contributed by atoms with E-state index in [0.717, 1.165) is 63.0 Å². The number of hydrogen-bond acceptors (Lipinski definition) is 3. The highest BCUT2D eigenvalue weighted by atomic mass is 79.9. The van der Waals surface area contributed by atoms with E-state index in [1.807, 2.05) is 4.90 Å². The average Bonchev–Trinajstić information content (AvgIpc) is 3.34. The number of rotatable bonds is 4. The Morgan fingerprint density at radius 3 is 2.14 bits per heavy atom. The first-order chi connectivity index (χ1) is 16.4. The summed E-state index contributed by atoms with van der Waals surface area (Å²) in [7, 11) is 0. The van der Waals surface area contributed by atoms with E-state index in [9.17, 15) is 31.1 Å². The molecule has 1 N–H and O–H groups in total. The van der Waals surface area contributed by atoms with Crippen molar-refractivity contribution in [1.29, 1.82) is 0 Å². The van der Waals surface area contributed by atoms with Crippen molar-refractivity contribution in [3.8, 4) is 0 Å². The molecule has 1 amide bonds. The topological polar surface area (TPSA) is 35.6 Å². The third-order valence-electron chi connectivity index (χ3n) is 6.52. The first-order valence-electron chi connectivity index (χ1n) is 11.3. The Labute approximate surface area is 207 Å². The van der Waals surface area contributed by atoms with Crippen LogP contribution in [0.25, 0.3) is 0 Å². The van der Waals surface area contributed by atoms with Crippen LogP contribution in [0.4, 0.5) is 37.7 Å². The maximum Gasteiger partial charge on any atom is 0.417 e. The van der Waals surface area contributed by atoms with Crippen molar-refractivity contribution >= 4 is 33.2 Å². The molecule has 4 nitrogen and oxygen atoms in total. The summed E-state index contributed by atoms with van der Waals surface area (Å²) in [6, 6.07) is 6.62. The molecule has 2 aliphatic rings. The number of likely N-dealkylation sites (tertiary alicyclic amines) is 1. The van der Waals surface area contributed by atoms with Gasteiger partial charge in [-0.3, -0.25) is 4.79 Å². The molecular formula is C24H24BrF6N3O. The molecule has 2 heterocycles. The summed E-state index contributed by atoms with van der Waals surface area (Å²) in [5, 5.41) is 2.30. The lowest BCUT2D eigenvalue weighted by atomic mass is 10.0. The van der Waals surface area contributed by atoms with Crippen molar-refractivity contribution in [3.63, 3.8) is 0 Å². The van der Waals surface area contributed by atoms with Gasteiger partial charge in [-0.05, 0) is 75.2 Å². The summed E-state index contributed by atoms with van der Waals surface area (Å²) in [5.74, 6) is -0.917. The number of nitrogens with zero attached hydrogens (tertiary/aromatic N) is 2. The number of carbonyl (C=O) groups is 1. The van der Waals surface area contributed by atoms with Crippen LogP contribution in [0.2, 0.25) is 0 Å². The molecular weight excluding hydrogens is 540 g/mol. The number of anilines is 2. The summed E-state index contributed by atoms with van der Waals surface area (Å²) >= 11 is 2.82. The van der Waals surface area contributed by atoms with Crippen LogP contribution < -0.4 is 10.2 Å². The number of amides is 1. The number of nitrogens with one attached hydrogen (secondary N) is 1. The van der Waals surface area contributed by atoms with Crippen LogP contribution in [0.5, 0.6) is 0 Å². The summed E-state index contributed by atoms with van der Waals surface area (Å²) < 4.78 is 80.2. The van der Waals surface area contributed by atoms with Crippen LogP contribution in [0.3, 0.4) is 0 Å². The standard InChI is InChI=1S/C24H24BrF6N3O/c25-21-4-3-17(14-20(21)24(29,30)31)32-22(35)15-11-16(23(26,27)28)13-19(12-15)34-9-5-18(6-10-34)33-7-1-2-8-33/h3-4,11-14,18H,1-2,5-10H2,(H,32,35). The molecule has 35 heavy (non-hydrogen) atoms. The van der Waals surface area contributed by atoms with Gasteiger partial charge in [-0.15, -0.1) is 0 Å². The SMILES string of the molecule is O=C(Nc1ccc(Br)c(C(F)(F)F)c1)c1cc(N2CCC(N3CCCC3)CC2)cc(C(F)(F)F)c1. The predicted molar refractivity (Wildman–Crippen MR) is 125 cm³/mol. The molecule has 190 valence electrons. The van der Waals surface area contributed by atoms with Crippen molar-refractivity contribution in [1.82, 2.24) is 4.90 Å². The fourth-order valence-electron chi connectivity index (χ4n) is 4.71. The summed E-state index contributed by atoms with van der Waals surface area (Å²) in [6.07, 6.45) is -5.39. The van der Waals surface area contributed by atoms with Crippen molar-refractivity contribution < 1.29 is 31.1 Å². The zero-order valence-corrected chi connectivity index (χ0v) is 20.2. The van der Waals surface area contributed by atoms with Crippen LogP contribution in [0, 0.1) is 0 Å². The van der Waals surface area contributed by atoms with Gasteiger partial charge in [0.1, 0.15) is 0 Å². The van der Waals surface area contributed by atoms with Gasteiger partial charge in [0.15, 0.2) is 0 Å². The number of benzene rings is 2. The smallest absolute Gasteiger partial charge is 0.371 e. The molecule has 0 bridgehead atoms. The van der Waals surface area contributed by atoms with E-state index in [4.69, 9.17) is 0 Å². The number of carbonyl (C=O) groups excluding carboxylic acids is 1. The van der Waals surface area contributed by atoms with Gasteiger partial charge in [-0.25, -0.2) is 0 Å². The normalized spacial score (nSPS) is 18.2. The molecule has 11 heteroatoms. The highest BCUT2D eigenvalue weighted by Crippen LogP contribution is 2.37. The summed E-state index contributed by atoms with van der Waals surface area (Å²) in [5.41, 5.74) is -2.14. The van der Waals surface area contributed by atoms with E-state index in [1.165, 1.54) is 12.1 Å². The van der Waals surface area contributed by atoms with Crippen molar-refractivity contribution in [2.24, 2.45) is 0 Å². The fourth-order valence-corrected chi connectivity index (χ4v) is 5.18. The molecule has 2 saturated heterocycles. The lowest BCUT2D eigenvalue weighted by Crippen LogP contribution is -2.44. The molecule has 2 aromatic rings. The Bertz CT molecular complexity index is 1070. The zero-order valence-electron chi connectivity index (χ0n) is 18.6. The Morgan fingerprint density at radius 1 is 0.886 bits per heavy atom. The van der Waals surface area contributed by atoms with E-state index in [2.05, 4.69) is 26.1 Å². The highest BCUT2D eigenvalue weighted by molar-refractivity contribution is 9.10. The molecule has 0 spiro atoms. The summed E-state index contributed by atoms with van der Waals surface area (Å²) in [4.78, 5) is 17.1. The maximum absolute atomic E-state index is 13.6. The monoisotopic (exact) mass is 563 g/mol. The van der Waals surface area contributed by atoms with Gasteiger partial charge in [0, 0.05) is 40.5 Å². The minimum atomic E-state index is -4.68. The van der Waals surface area contributed by atoms with Crippen LogP contribution in [0.15, 0.2) is 40.9 Å². The van der Waals surface area contributed by atoms with Gasteiger partial charge in [0.2, 0.25) is 0 Å². The maximum atomic E-state index is 13.6. The number of alkyl halides is 6. The molecule has 2 aliphatic heterocycles. The average molecular weight is 564 g/mol. The first kappa shape index (κ1) is 25.8. The van der Waals surface area contributed by atoms with Gasteiger partial charge < -0.3 is 15.1 Å². The molecule has 2 aromatic carbocycles. The van der Waals surface area contributed by atoms with E-state index < -0.39 is 29.4 Å². The molecule has 0 saturated carbocycles. The lowest BCUT2D eigenvalue weighted by molar-refractivity contribution is -0.138. The zero-order chi connectivity index (χ0) is 25.4. The van der Waals surface area contributed by atoms with Crippen LogP contribution in [-0.2, 0) is 12.4 Å². The molecule has 4 rings (SSSR count). The molecule has 0 atom stereocenters. The van der Waals surface area contributed by atoms with Crippen molar-refractivity contribution in [2.45, 2.75) is 44.1 Å². The van der Waals surface area contributed by atoms with E-state index in [1.54, 1.807) is 0 Å². The number of halogens is 7. The Kier molecular flexibility index (Phi) is 7.38. The van der Waals surface area contributed by atoms with Gasteiger partial charge >= 0.3 is 12.4 Å². The second-order valence-electron chi connectivity index (χ2n) is 8.87. The minimum absolute atomic E-state index is 0.170. The van der Waals surface area contributed by atoms with Crippen molar-refractivity contribution in [3.05, 3.63) is 57.6 Å². The third kappa shape index (κ3) is 6.11. The molecule has 0 radical (unpaired) electrons. The quantitative estimate of drug-likeness (QED) is 0.415. The first-order valence-corrected chi connectivity index (χ1v) is 12.1. The van der Waals surface area contributed by atoms with Crippen LogP contribution in [-0.4, -0.2) is 43.0 Å². The van der Waals surface area contributed by atoms with Crippen molar-refractivity contribution in [2.75, 3.05) is 36.4 Å². The second-order valence-corrected chi connectivity index (χ2v) is 9.73. The Balaban J connectivity index is 1.56. The van der Waals surface area contributed by atoms with Gasteiger partial charge in [-0.1, -0.05) is 15.9 Å². The van der Waals surface area contributed by atoms with Gasteiger partial charge in [0.05, 0.1) is 11.1 Å². The molecule has 0 aliphatic carbocycles.